The zero-order valence-corrected chi connectivity index (χ0v) is 8.21. The van der Waals surface area contributed by atoms with Crippen molar-refractivity contribution in [3.63, 3.8) is 0 Å². The van der Waals surface area contributed by atoms with Crippen LogP contribution in [0.15, 0.2) is 12.1 Å². The number of aromatic carboxylic acids is 1. The fourth-order valence-corrected chi connectivity index (χ4v) is 2.09. The summed E-state index contributed by atoms with van der Waals surface area (Å²) in [5, 5.41) is 9.15. The van der Waals surface area contributed by atoms with E-state index >= 15 is 0 Å². The number of carbonyl (C=O) groups is 1. The Kier molecular flexibility index (Phi) is 2.21. The summed E-state index contributed by atoms with van der Waals surface area (Å²) in [6.07, 6.45) is 1.75. The van der Waals surface area contributed by atoms with Crippen molar-refractivity contribution in [2.24, 2.45) is 5.73 Å². The molecule has 0 aromatic heterocycles. The molecule has 0 saturated heterocycles. The Morgan fingerprint density at radius 1 is 1.57 bits per heavy atom. The van der Waals surface area contributed by atoms with Crippen molar-refractivity contribution < 1.29 is 9.90 Å². The Hall–Kier alpha value is -1.06. The molecule has 4 heteroatoms. The average molecular weight is 212 g/mol. The Morgan fingerprint density at radius 2 is 2.29 bits per heavy atom. The summed E-state index contributed by atoms with van der Waals surface area (Å²) < 4.78 is 0. The van der Waals surface area contributed by atoms with Gasteiger partial charge in [-0.05, 0) is 36.1 Å². The predicted molar refractivity (Wildman–Crippen MR) is 53.7 cm³/mol. The number of carboxylic acids is 1. The van der Waals surface area contributed by atoms with Crippen LogP contribution in [0.2, 0.25) is 5.02 Å². The van der Waals surface area contributed by atoms with Gasteiger partial charge >= 0.3 is 5.97 Å². The van der Waals surface area contributed by atoms with E-state index < -0.39 is 5.97 Å². The van der Waals surface area contributed by atoms with E-state index in [0.717, 1.165) is 24.0 Å². The van der Waals surface area contributed by atoms with Crippen LogP contribution in [0.3, 0.4) is 0 Å². The van der Waals surface area contributed by atoms with Crippen LogP contribution in [-0.2, 0) is 6.42 Å². The first kappa shape index (κ1) is 9.49. The number of hydrogen-bond acceptors (Lipinski definition) is 2. The molecule has 1 atom stereocenters. The lowest BCUT2D eigenvalue weighted by Crippen LogP contribution is -2.07. The highest BCUT2D eigenvalue weighted by Crippen LogP contribution is 2.33. The molecule has 1 aliphatic rings. The molecule has 0 fully saturated rings. The number of rotatable bonds is 1. The van der Waals surface area contributed by atoms with Crippen molar-refractivity contribution in [1.29, 1.82) is 0 Å². The number of nitrogens with two attached hydrogens (primary N) is 1. The third kappa shape index (κ3) is 1.38. The predicted octanol–water partition coefficient (Wildman–Crippen LogP) is 1.98. The van der Waals surface area contributed by atoms with Crippen LogP contribution in [0.4, 0.5) is 0 Å². The van der Waals surface area contributed by atoms with Gasteiger partial charge in [0, 0.05) is 6.04 Å². The van der Waals surface area contributed by atoms with Gasteiger partial charge in [-0.2, -0.15) is 0 Å². The van der Waals surface area contributed by atoms with Gasteiger partial charge in [0.25, 0.3) is 0 Å². The van der Waals surface area contributed by atoms with Gasteiger partial charge in [-0.15, -0.1) is 0 Å². The maximum Gasteiger partial charge on any atom is 0.337 e. The maximum absolute atomic E-state index is 10.8. The highest BCUT2D eigenvalue weighted by Gasteiger charge is 2.22. The molecule has 0 unspecified atom stereocenters. The van der Waals surface area contributed by atoms with E-state index in [1.807, 2.05) is 0 Å². The summed E-state index contributed by atoms with van der Waals surface area (Å²) in [5.74, 6) is -1.00. The van der Waals surface area contributed by atoms with Gasteiger partial charge in [0.1, 0.15) is 0 Å². The van der Waals surface area contributed by atoms with E-state index in [4.69, 9.17) is 22.4 Å². The average Bonchev–Trinajstić information content (AvgIpc) is 2.46. The monoisotopic (exact) mass is 211 g/mol. The SMILES string of the molecule is N[C@H]1CCc2cc(Cl)c(C(=O)O)cc21. The maximum atomic E-state index is 10.8. The van der Waals surface area contributed by atoms with E-state index in [1.165, 1.54) is 0 Å². The molecule has 0 bridgehead atoms. The number of hydrogen-bond donors (Lipinski definition) is 2. The molecule has 0 radical (unpaired) electrons. The summed E-state index contributed by atoms with van der Waals surface area (Å²) in [6.45, 7) is 0. The molecular formula is C10H10ClNO2. The largest absolute Gasteiger partial charge is 0.478 e. The van der Waals surface area contributed by atoms with E-state index in [9.17, 15) is 4.79 Å². The minimum atomic E-state index is -1.00. The summed E-state index contributed by atoms with van der Waals surface area (Å²) in [5.41, 5.74) is 7.97. The first-order valence-electron chi connectivity index (χ1n) is 4.41. The van der Waals surface area contributed by atoms with Crippen molar-refractivity contribution in [2.75, 3.05) is 0 Å². The zero-order valence-electron chi connectivity index (χ0n) is 7.46. The smallest absolute Gasteiger partial charge is 0.337 e. The van der Waals surface area contributed by atoms with Crippen molar-refractivity contribution in [3.05, 3.63) is 33.8 Å². The lowest BCUT2D eigenvalue weighted by atomic mass is 10.0. The van der Waals surface area contributed by atoms with Gasteiger partial charge in [0.15, 0.2) is 0 Å². The number of benzene rings is 1. The first-order valence-corrected chi connectivity index (χ1v) is 4.78. The number of fused-ring (bicyclic) bond motifs is 1. The van der Waals surface area contributed by atoms with Crippen molar-refractivity contribution in [2.45, 2.75) is 18.9 Å². The Morgan fingerprint density at radius 3 is 2.93 bits per heavy atom. The normalized spacial score (nSPS) is 19.4. The van der Waals surface area contributed by atoms with Gasteiger partial charge < -0.3 is 10.8 Å². The van der Waals surface area contributed by atoms with E-state index in [2.05, 4.69) is 0 Å². The summed E-state index contributed by atoms with van der Waals surface area (Å²) in [4.78, 5) is 10.8. The molecule has 74 valence electrons. The second-order valence-corrected chi connectivity index (χ2v) is 3.89. The quantitative estimate of drug-likeness (QED) is 0.747. The number of halogens is 1. The van der Waals surface area contributed by atoms with E-state index in [0.29, 0.717) is 5.02 Å². The Labute approximate surface area is 86.5 Å². The molecule has 0 spiro atoms. The topological polar surface area (TPSA) is 63.3 Å². The van der Waals surface area contributed by atoms with Gasteiger partial charge in [0.2, 0.25) is 0 Å². The molecule has 2 rings (SSSR count). The van der Waals surface area contributed by atoms with Gasteiger partial charge in [0.05, 0.1) is 10.6 Å². The molecule has 1 aromatic rings. The van der Waals surface area contributed by atoms with Gasteiger partial charge in [-0.25, -0.2) is 4.79 Å². The molecule has 1 aromatic carbocycles. The highest BCUT2D eigenvalue weighted by atomic mass is 35.5. The van der Waals surface area contributed by atoms with Crippen molar-refractivity contribution in [1.82, 2.24) is 0 Å². The second-order valence-electron chi connectivity index (χ2n) is 3.48. The van der Waals surface area contributed by atoms with E-state index in [1.54, 1.807) is 12.1 Å². The Balaban J connectivity index is 2.57. The summed E-state index contributed by atoms with van der Waals surface area (Å²) in [6, 6.07) is 3.27. The molecule has 0 aliphatic heterocycles. The fourth-order valence-electron chi connectivity index (χ4n) is 1.82. The molecule has 3 N–H and O–H groups in total. The van der Waals surface area contributed by atoms with E-state index in [-0.39, 0.29) is 11.6 Å². The number of aryl methyl sites for hydroxylation is 1. The third-order valence-electron chi connectivity index (χ3n) is 2.58. The van der Waals surface area contributed by atoms with Crippen LogP contribution in [0.5, 0.6) is 0 Å². The lowest BCUT2D eigenvalue weighted by molar-refractivity contribution is 0.0697. The van der Waals surface area contributed by atoms with Crippen molar-refractivity contribution >= 4 is 17.6 Å². The zero-order chi connectivity index (χ0) is 10.3. The van der Waals surface area contributed by atoms with Crippen LogP contribution >= 0.6 is 11.6 Å². The molecule has 0 amide bonds. The fraction of sp³-hybridized carbons (Fsp3) is 0.300. The standard InChI is InChI=1S/C10H10ClNO2/c11-8-3-5-1-2-9(12)6(5)4-7(8)10(13)14/h3-4,9H,1-2,12H2,(H,13,14)/t9-/m0/s1. The minimum Gasteiger partial charge on any atom is -0.478 e. The van der Waals surface area contributed by atoms with Crippen LogP contribution in [0.1, 0.15) is 33.9 Å². The van der Waals surface area contributed by atoms with Crippen molar-refractivity contribution in [3.8, 4) is 0 Å². The molecular weight excluding hydrogens is 202 g/mol. The Bertz CT molecular complexity index is 403. The second kappa shape index (κ2) is 3.26. The van der Waals surface area contributed by atoms with Gasteiger partial charge in [-0.3, -0.25) is 0 Å². The van der Waals surface area contributed by atoms with Gasteiger partial charge in [-0.1, -0.05) is 11.6 Å². The third-order valence-corrected chi connectivity index (χ3v) is 2.90. The molecule has 0 saturated carbocycles. The number of carboxylic acid groups (broad SMARTS) is 1. The highest BCUT2D eigenvalue weighted by molar-refractivity contribution is 6.33. The molecule has 14 heavy (non-hydrogen) atoms. The van der Waals surface area contributed by atoms with Crippen LogP contribution < -0.4 is 5.73 Å². The van der Waals surface area contributed by atoms with Crippen LogP contribution in [0.25, 0.3) is 0 Å². The van der Waals surface area contributed by atoms with Crippen LogP contribution in [0, 0.1) is 0 Å². The molecule has 3 nitrogen and oxygen atoms in total. The summed E-state index contributed by atoms with van der Waals surface area (Å²) in [7, 11) is 0. The first-order chi connectivity index (χ1) is 6.59. The molecule has 1 aliphatic carbocycles. The minimum absolute atomic E-state index is 0.0413. The molecule has 0 heterocycles. The summed E-state index contributed by atoms with van der Waals surface area (Å²) >= 11 is 5.83. The lowest BCUT2D eigenvalue weighted by Gasteiger charge is -2.07. The van der Waals surface area contributed by atoms with Crippen LogP contribution in [-0.4, -0.2) is 11.1 Å².